The highest BCUT2D eigenvalue weighted by Crippen LogP contribution is 2.17. The van der Waals surface area contributed by atoms with Crippen LogP contribution in [0.5, 0.6) is 5.75 Å². The SMILES string of the molecule is COC(=O)C([NH3+])c1cccc(OC)c1.[Cl-]. The molecule has 0 bridgehead atoms. The Labute approximate surface area is 94.8 Å². The lowest BCUT2D eigenvalue weighted by atomic mass is 10.1. The molecule has 4 nitrogen and oxygen atoms in total. The third-order valence-electron chi connectivity index (χ3n) is 1.98. The van der Waals surface area contributed by atoms with Crippen molar-refractivity contribution in [3.63, 3.8) is 0 Å². The molecule has 1 aromatic rings. The van der Waals surface area contributed by atoms with E-state index in [4.69, 9.17) is 4.74 Å². The molecule has 0 fully saturated rings. The minimum absolute atomic E-state index is 0. The van der Waals surface area contributed by atoms with Crippen LogP contribution in [-0.2, 0) is 9.53 Å². The zero-order valence-electron chi connectivity index (χ0n) is 8.70. The highest BCUT2D eigenvalue weighted by Gasteiger charge is 2.20. The molecule has 0 aliphatic heterocycles. The second-order valence-electron chi connectivity index (χ2n) is 2.85. The van der Waals surface area contributed by atoms with Gasteiger partial charge < -0.3 is 27.6 Å². The number of hydrogen-bond acceptors (Lipinski definition) is 3. The Morgan fingerprint density at radius 2 is 2.07 bits per heavy atom. The molecule has 1 atom stereocenters. The van der Waals surface area contributed by atoms with Crippen LogP contribution in [-0.4, -0.2) is 20.2 Å². The lowest BCUT2D eigenvalue weighted by molar-refractivity contribution is -0.414. The molecule has 0 heterocycles. The minimum Gasteiger partial charge on any atom is -1.00 e. The van der Waals surface area contributed by atoms with Gasteiger partial charge in [-0.2, -0.15) is 0 Å². The third kappa shape index (κ3) is 3.42. The van der Waals surface area contributed by atoms with Gasteiger partial charge in [0.15, 0.2) is 0 Å². The Hall–Kier alpha value is -1.26. The molecule has 0 saturated heterocycles. The van der Waals surface area contributed by atoms with E-state index < -0.39 is 6.04 Å². The molecule has 84 valence electrons. The van der Waals surface area contributed by atoms with Gasteiger partial charge in [-0.15, -0.1) is 0 Å². The normalized spacial score (nSPS) is 11.1. The summed E-state index contributed by atoms with van der Waals surface area (Å²) in [7, 11) is 2.93. The quantitative estimate of drug-likeness (QED) is 0.570. The van der Waals surface area contributed by atoms with Gasteiger partial charge in [-0.05, 0) is 12.1 Å². The summed E-state index contributed by atoms with van der Waals surface area (Å²) in [5.74, 6) is 0.360. The standard InChI is InChI=1S/C10H13NO3.ClH/c1-13-8-5-3-4-7(6-8)9(11)10(12)14-2;/h3-6,9H,11H2,1-2H3;1H. The first-order valence-corrected chi connectivity index (χ1v) is 4.24. The van der Waals surface area contributed by atoms with E-state index in [1.165, 1.54) is 7.11 Å². The van der Waals surface area contributed by atoms with Crippen molar-refractivity contribution >= 4 is 5.97 Å². The van der Waals surface area contributed by atoms with Gasteiger partial charge in [0.1, 0.15) is 5.75 Å². The number of carbonyl (C=O) groups is 1. The molecular formula is C10H14ClNO3. The van der Waals surface area contributed by atoms with Crippen LogP contribution in [0.2, 0.25) is 0 Å². The fourth-order valence-corrected chi connectivity index (χ4v) is 1.14. The van der Waals surface area contributed by atoms with E-state index in [0.29, 0.717) is 5.75 Å². The topological polar surface area (TPSA) is 63.2 Å². The van der Waals surface area contributed by atoms with Crippen LogP contribution < -0.4 is 22.9 Å². The average Bonchev–Trinajstić information content (AvgIpc) is 2.27. The Morgan fingerprint density at radius 3 is 2.60 bits per heavy atom. The van der Waals surface area contributed by atoms with Crippen molar-refractivity contribution in [2.75, 3.05) is 14.2 Å². The molecule has 5 heteroatoms. The first-order chi connectivity index (χ1) is 6.69. The van der Waals surface area contributed by atoms with E-state index in [1.54, 1.807) is 13.2 Å². The highest BCUT2D eigenvalue weighted by molar-refractivity contribution is 5.75. The predicted molar refractivity (Wildman–Crippen MR) is 50.6 cm³/mol. The minimum atomic E-state index is -0.505. The van der Waals surface area contributed by atoms with Crippen LogP contribution in [0.15, 0.2) is 24.3 Å². The molecule has 0 amide bonds. The molecule has 0 saturated carbocycles. The van der Waals surface area contributed by atoms with E-state index in [0.717, 1.165) is 5.56 Å². The summed E-state index contributed by atoms with van der Waals surface area (Å²) in [6.07, 6.45) is 0. The van der Waals surface area contributed by atoms with Gasteiger partial charge in [-0.25, -0.2) is 4.79 Å². The third-order valence-corrected chi connectivity index (χ3v) is 1.98. The van der Waals surface area contributed by atoms with Crippen molar-refractivity contribution in [2.45, 2.75) is 6.04 Å². The largest absolute Gasteiger partial charge is 1.00 e. The molecule has 1 aromatic carbocycles. The van der Waals surface area contributed by atoms with Gasteiger partial charge in [-0.1, -0.05) is 12.1 Å². The summed E-state index contributed by atoms with van der Waals surface area (Å²) in [4.78, 5) is 11.2. The van der Waals surface area contributed by atoms with E-state index in [-0.39, 0.29) is 18.4 Å². The average molecular weight is 232 g/mol. The number of quaternary nitrogens is 1. The summed E-state index contributed by atoms with van der Waals surface area (Å²) in [6.45, 7) is 0. The molecule has 15 heavy (non-hydrogen) atoms. The molecular weight excluding hydrogens is 218 g/mol. The number of carbonyl (C=O) groups excluding carboxylic acids is 1. The molecule has 3 N–H and O–H groups in total. The maximum absolute atomic E-state index is 11.2. The number of methoxy groups -OCH3 is 2. The number of esters is 1. The Bertz CT molecular complexity index is 330. The smallest absolute Gasteiger partial charge is 0.369 e. The summed E-state index contributed by atoms with van der Waals surface area (Å²) >= 11 is 0. The van der Waals surface area contributed by atoms with Gasteiger partial charge in [0.05, 0.1) is 14.2 Å². The van der Waals surface area contributed by atoms with Crippen molar-refractivity contribution in [2.24, 2.45) is 0 Å². The van der Waals surface area contributed by atoms with Crippen LogP contribution in [0.1, 0.15) is 11.6 Å². The first kappa shape index (κ1) is 13.7. The van der Waals surface area contributed by atoms with Gasteiger partial charge in [0.2, 0.25) is 6.04 Å². The van der Waals surface area contributed by atoms with Crippen LogP contribution in [0, 0.1) is 0 Å². The van der Waals surface area contributed by atoms with Gasteiger partial charge >= 0.3 is 5.97 Å². The fraction of sp³-hybridized carbons (Fsp3) is 0.300. The summed E-state index contributed by atoms with van der Waals surface area (Å²) in [5, 5.41) is 0. The van der Waals surface area contributed by atoms with E-state index in [9.17, 15) is 4.79 Å². The summed E-state index contributed by atoms with van der Waals surface area (Å²) in [5.41, 5.74) is 4.51. The molecule has 1 unspecified atom stereocenters. The highest BCUT2D eigenvalue weighted by atomic mass is 35.5. The van der Waals surface area contributed by atoms with E-state index in [1.807, 2.05) is 18.2 Å². The summed E-state index contributed by atoms with van der Waals surface area (Å²) in [6, 6.07) is 6.71. The number of halogens is 1. The van der Waals surface area contributed by atoms with Crippen LogP contribution >= 0.6 is 0 Å². The number of ether oxygens (including phenoxy) is 2. The van der Waals surface area contributed by atoms with Crippen LogP contribution in [0.25, 0.3) is 0 Å². The second-order valence-corrected chi connectivity index (χ2v) is 2.85. The first-order valence-electron chi connectivity index (χ1n) is 4.24. The number of benzene rings is 1. The Morgan fingerprint density at radius 1 is 1.40 bits per heavy atom. The molecule has 0 aromatic heterocycles. The van der Waals surface area contributed by atoms with E-state index in [2.05, 4.69) is 10.5 Å². The lowest BCUT2D eigenvalue weighted by Gasteiger charge is -2.07. The summed E-state index contributed by atoms with van der Waals surface area (Å²) < 4.78 is 9.64. The van der Waals surface area contributed by atoms with Crippen molar-refractivity contribution in [1.29, 1.82) is 0 Å². The van der Waals surface area contributed by atoms with Crippen molar-refractivity contribution in [3.05, 3.63) is 29.8 Å². The predicted octanol–water partition coefficient (Wildman–Crippen LogP) is -2.84. The monoisotopic (exact) mass is 231 g/mol. The van der Waals surface area contributed by atoms with Gasteiger partial charge in [-0.3, -0.25) is 0 Å². The molecule has 1 rings (SSSR count). The van der Waals surface area contributed by atoms with Gasteiger partial charge in [0, 0.05) is 5.56 Å². The maximum Gasteiger partial charge on any atom is 0.369 e. The molecule has 0 spiro atoms. The Balaban J connectivity index is 0.00000196. The number of hydrogen-bond donors (Lipinski definition) is 1. The zero-order valence-corrected chi connectivity index (χ0v) is 9.45. The second kappa shape index (κ2) is 6.27. The number of rotatable bonds is 3. The Kier molecular flexibility index (Phi) is 5.74. The van der Waals surface area contributed by atoms with Crippen molar-refractivity contribution in [3.8, 4) is 5.75 Å². The van der Waals surface area contributed by atoms with Crippen LogP contribution in [0.3, 0.4) is 0 Å². The lowest BCUT2D eigenvalue weighted by Crippen LogP contribution is -3.00. The fourth-order valence-electron chi connectivity index (χ4n) is 1.14. The zero-order chi connectivity index (χ0) is 10.6. The van der Waals surface area contributed by atoms with Gasteiger partial charge in [0.25, 0.3) is 0 Å². The van der Waals surface area contributed by atoms with E-state index >= 15 is 0 Å². The van der Waals surface area contributed by atoms with Crippen LogP contribution in [0.4, 0.5) is 0 Å². The molecule has 0 aliphatic rings. The van der Waals surface area contributed by atoms with Crippen molar-refractivity contribution < 1.29 is 32.4 Å². The molecule has 0 radical (unpaired) electrons. The maximum atomic E-state index is 11.2. The van der Waals surface area contributed by atoms with Crippen molar-refractivity contribution in [1.82, 2.24) is 0 Å². The molecule has 0 aliphatic carbocycles.